The van der Waals surface area contributed by atoms with Crippen molar-refractivity contribution < 1.29 is 17.7 Å². The van der Waals surface area contributed by atoms with Gasteiger partial charge in [0.05, 0.1) is 6.54 Å². The number of hydrogen-bond donors (Lipinski definition) is 1. The second-order valence-electron chi connectivity index (χ2n) is 6.67. The first-order valence-corrected chi connectivity index (χ1v) is 9.23. The molecule has 4 rings (SSSR count). The first kappa shape index (κ1) is 18.5. The SMILES string of the molecule is C(=C\C=C1\[NH2+]CCc2ccccc21)/C=C/N1CCCc2ccccc21.[Cl-]. The summed E-state index contributed by atoms with van der Waals surface area (Å²) in [5, 5.41) is 2.34. The molecule has 2 aromatic carbocycles. The van der Waals surface area contributed by atoms with Gasteiger partial charge in [0.2, 0.25) is 0 Å². The van der Waals surface area contributed by atoms with E-state index in [4.69, 9.17) is 0 Å². The average molecular weight is 365 g/mol. The zero-order valence-corrected chi connectivity index (χ0v) is 15.7. The maximum atomic E-state index is 2.36. The monoisotopic (exact) mass is 364 g/mol. The third-order valence-electron chi connectivity index (χ3n) is 5.02. The van der Waals surface area contributed by atoms with E-state index >= 15 is 0 Å². The molecule has 2 aromatic rings. The summed E-state index contributed by atoms with van der Waals surface area (Å²) in [6.07, 6.45) is 14.4. The summed E-state index contributed by atoms with van der Waals surface area (Å²) < 4.78 is 0. The van der Waals surface area contributed by atoms with E-state index in [0.29, 0.717) is 0 Å². The van der Waals surface area contributed by atoms with Gasteiger partial charge in [-0.05, 0) is 48.3 Å². The van der Waals surface area contributed by atoms with Gasteiger partial charge in [0.25, 0.3) is 0 Å². The summed E-state index contributed by atoms with van der Waals surface area (Å²) in [6, 6.07) is 17.5. The molecule has 0 aromatic heterocycles. The highest BCUT2D eigenvalue weighted by molar-refractivity contribution is 5.63. The molecule has 0 bridgehead atoms. The van der Waals surface area contributed by atoms with E-state index < -0.39 is 0 Å². The number of fused-ring (bicyclic) bond motifs is 2. The van der Waals surface area contributed by atoms with Crippen LogP contribution in [0, 0.1) is 0 Å². The van der Waals surface area contributed by atoms with E-state index in [9.17, 15) is 0 Å². The van der Waals surface area contributed by atoms with Crippen LogP contribution in [-0.2, 0) is 12.8 Å². The summed E-state index contributed by atoms with van der Waals surface area (Å²) in [6.45, 7) is 2.24. The second kappa shape index (κ2) is 8.88. The van der Waals surface area contributed by atoms with Gasteiger partial charge >= 0.3 is 0 Å². The molecule has 2 heterocycles. The third kappa shape index (κ3) is 4.09. The number of nitrogens with zero attached hydrogens (tertiary/aromatic N) is 1. The summed E-state index contributed by atoms with van der Waals surface area (Å²) in [4.78, 5) is 2.36. The smallest absolute Gasteiger partial charge is 0.137 e. The molecule has 0 spiro atoms. The zero-order chi connectivity index (χ0) is 16.9. The molecule has 0 saturated heterocycles. The van der Waals surface area contributed by atoms with E-state index in [1.807, 2.05) is 0 Å². The molecule has 0 saturated carbocycles. The Labute approximate surface area is 162 Å². The van der Waals surface area contributed by atoms with Crippen molar-refractivity contribution in [3.63, 3.8) is 0 Å². The van der Waals surface area contributed by atoms with Crippen LogP contribution in [0.2, 0.25) is 0 Å². The Bertz CT molecular complexity index is 836. The number of halogens is 1. The van der Waals surface area contributed by atoms with Crippen molar-refractivity contribution in [2.75, 3.05) is 18.0 Å². The predicted molar refractivity (Wildman–Crippen MR) is 105 cm³/mol. The second-order valence-corrected chi connectivity index (χ2v) is 6.67. The highest BCUT2D eigenvalue weighted by atomic mass is 35.5. The molecule has 3 heteroatoms. The Kier molecular flexibility index (Phi) is 6.32. The number of anilines is 1. The molecule has 134 valence electrons. The molecule has 0 atom stereocenters. The highest BCUT2D eigenvalue weighted by Gasteiger charge is 2.15. The van der Waals surface area contributed by atoms with Crippen LogP contribution in [-0.4, -0.2) is 13.1 Å². The third-order valence-corrected chi connectivity index (χ3v) is 5.02. The molecule has 0 fully saturated rings. The van der Waals surface area contributed by atoms with Crippen molar-refractivity contribution in [2.45, 2.75) is 19.3 Å². The van der Waals surface area contributed by atoms with Gasteiger partial charge in [-0.2, -0.15) is 0 Å². The molecule has 2 N–H and O–H groups in total. The number of hydrogen-bond acceptors (Lipinski definition) is 1. The van der Waals surface area contributed by atoms with Crippen molar-refractivity contribution >= 4 is 11.4 Å². The van der Waals surface area contributed by atoms with Gasteiger partial charge in [0.1, 0.15) is 5.70 Å². The molecule has 2 aliphatic rings. The number of rotatable bonds is 3. The number of allylic oxidation sites excluding steroid dienone is 4. The van der Waals surface area contributed by atoms with Crippen molar-refractivity contribution in [3.05, 3.63) is 95.7 Å². The lowest BCUT2D eigenvalue weighted by Gasteiger charge is -2.27. The van der Waals surface area contributed by atoms with Crippen LogP contribution in [0.4, 0.5) is 5.69 Å². The predicted octanol–water partition coefficient (Wildman–Crippen LogP) is 0.674. The van der Waals surface area contributed by atoms with Crippen molar-refractivity contribution in [1.82, 2.24) is 0 Å². The molecular formula is C23H25ClN2. The quantitative estimate of drug-likeness (QED) is 0.794. The fraction of sp³-hybridized carbons (Fsp3) is 0.217. The normalized spacial score (nSPS) is 18.0. The number of quaternary nitrogens is 1. The minimum absolute atomic E-state index is 0. The molecule has 2 nitrogen and oxygen atoms in total. The van der Waals surface area contributed by atoms with E-state index in [0.717, 1.165) is 19.5 Å². The van der Waals surface area contributed by atoms with Crippen molar-refractivity contribution in [3.8, 4) is 0 Å². The van der Waals surface area contributed by atoms with Gasteiger partial charge in [-0.15, -0.1) is 0 Å². The summed E-state index contributed by atoms with van der Waals surface area (Å²) in [5.74, 6) is 0. The number of benzene rings is 2. The summed E-state index contributed by atoms with van der Waals surface area (Å²) in [7, 11) is 0. The van der Waals surface area contributed by atoms with Crippen LogP contribution in [0.3, 0.4) is 0 Å². The van der Waals surface area contributed by atoms with E-state index in [2.05, 4.69) is 89.3 Å². The maximum Gasteiger partial charge on any atom is 0.137 e. The first-order valence-electron chi connectivity index (χ1n) is 9.23. The average Bonchev–Trinajstić information content (AvgIpc) is 2.68. The minimum atomic E-state index is 0. The Hall–Kier alpha value is -2.29. The Morgan fingerprint density at radius 1 is 0.846 bits per heavy atom. The number of para-hydroxylation sites is 1. The van der Waals surface area contributed by atoms with E-state index in [1.54, 1.807) is 0 Å². The number of nitrogens with two attached hydrogens (primary N) is 1. The summed E-state index contributed by atoms with van der Waals surface area (Å²) >= 11 is 0. The topological polar surface area (TPSA) is 19.9 Å². The molecule has 0 unspecified atom stereocenters. The molecule has 0 aliphatic carbocycles. The van der Waals surface area contributed by atoms with Gasteiger partial charge in [-0.25, -0.2) is 0 Å². The van der Waals surface area contributed by atoms with Gasteiger partial charge in [-0.1, -0.05) is 48.6 Å². The standard InChI is InChI=1S/C23H24N2.ClH/c1(2-13-22-21-12-5-3-9-19(21)15-16-24-22)7-17-25-18-8-11-20-10-4-6-14-23(20)25;/h1-7,9-10,12-14,17,24H,8,11,15-16,18H2;1H/b2-1+,17-7+,22-13+;. The number of aryl methyl sites for hydroxylation is 1. The maximum absolute atomic E-state index is 2.36. The van der Waals surface area contributed by atoms with E-state index in [1.165, 1.54) is 40.9 Å². The minimum Gasteiger partial charge on any atom is -1.00 e. The van der Waals surface area contributed by atoms with Crippen LogP contribution in [0.25, 0.3) is 5.70 Å². The van der Waals surface area contributed by atoms with Crippen LogP contribution >= 0.6 is 0 Å². The fourth-order valence-electron chi connectivity index (χ4n) is 3.77. The lowest BCUT2D eigenvalue weighted by atomic mass is 9.98. The van der Waals surface area contributed by atoms with Crippen molar-refractivity contribution in [2.24, 2.45) is 0 Å². The Balaban J connectivity index is 0.00000196. The molecular weight excluding hydrogens is 340 g/mol. The molecule has 0 amide bonds. The van der Waals surface area contributed by atoms with Gasteiger partial charge in [-0.3, -0.25) is 0 Å². The fourth-order valence-corrected chi connectivity index (χ4v) is 3.77. The zero-order valence-electron chi connectivity index (χ0n) is 14.9. The lowest BCUT2D eigenvalue weighted by Crippen LogP contribution is -3.00. The van der Waals surface area contributed by atoms with Crippen LogP contribution < -0.4 is 22.6 Å². The van der Waals surface area contributed by atoms with Crippen LogP contribution in [0.5, 0.6) is 0 Å². The highest BCUT2D eigenvalue weighted by Crippen LogP contribution is 2.26. The molecule has 2 aliphatic heterocycles. The first-order chi connectivity index (χ1) is 12.4. The largest absolute Gasteiger partial charge is 1.00 e. The Morgan fingerprint density at radius 3 is 2.58 bits per heavy atom. The van der Waals surface area contributed by atoms with Crippen molar-refractivity contribution in [1.29, 1.82) is 0 Å². The molecule has 26 heavy (non-hydrogen) atoms. The lowest BCUT2D eigenvalue weighted by molar-refractivity contribution is -0.564. The van der Waals surface area contributed by atoms with Crippen LogP contribution in [0.1, 0.15) is 23.1 Å². The van der Waals surface area contributed by atoms with Gasteiger partial charge < -0.3 is 22.6 Å². The molecule has 0 radical (unpaired) electrons. The van der Waals surface area contributed by atoms with Gasteiger partial charge in [0.15, 0.2) is 0 Å². The Morgan fingerprint density at radius 2 is 1.65 bits per heavy atom. The van der Waals surface area contributed by atoms with E-state index in [-0.39, 0.29) is 12.4 Å². The summed E-state index contributed by atoms with van der Waals surface area (Å²) in [5.41, 5.74) is 7.00. The van der Waals surface area contributed by atoms with Gasteiger partial charge in [0, 0.05) is 30.4 Å². The van der Waals surface area contributed by atoms with Crippen LogP contribution in [0.15, 0.2) is 79.0 Å².